The molecule has 0 rings (SSSR count). The molecule has 0 amide bonds. The summed E-state index contributed by atoms with van der Waals surface area (Å²) in [6, 6.07) is 0. The van der Waals surface area contributed by atoms with Gasteiger partial charge in [-0.05, 0) is 12.8 Å². The van der Waals surface area contributed by atoms with E-state index in [1.165, 1.54) is 167 Å². The number of phosphoric ester groups is 1. The van der Waals surface area contributed by atoms with Crippen LogP contribution < -0.4 is 0 Å². The molecule has 0 saturated carbocycles. The van der Waals surface area contributed by atoms with Crippen molar-refractivity contribution in [3.8, 4) is 0 Å². The predicted octanol–water partition coefficient (Wildman–Crippen LogP) is 13.6. The van der Waals surface area contributed by atoms with Gasteiger partial charge in [0.25, 0.3) is 0 Å². The van der Waals surface area contributed by atoms with E-state index in [-0.39, 0.29) is 25.6 Å². The molecule has 2 unspecified atom stereocenters. The summed E-state index contributed by atoms with van der Waals surface area (Å²) in [5, 5.41) is 0. The summed E-state index contributed by atoms with van der Waals surface area (Å²) in [4.78, 5) is 35.4. The minimum Gasteiger partial charge on any atom is -0.462 e. The van der Waals surface area contributed by atoms with Gasteiger partial charge in [-0.25, -0.2) is 4.57 Å². The third kappa shape index (κ3) is 42.6. The van der Waals surface area contributed by atoms with Gasteiger partial charge in [0.15, 0.2) is 6.10 Å². The van der Waals surface area contributed by atoms with E-state index in [1.54, 1.807) is 0 Å². The SMILES string of the molecule is CCCCCCCCCCCCCCCCCCCCCC(=O)OC(COC(=O)CCCCCCCCCCCCCCC)COP(=O)(O)OCC[N+](C)(C)C. The van der Waals surface area contributed by atoms with E-state index in [1.807, 2.05) is 21.1 Å². The van der Waals surface area contributed by atoms with Crippen LogP contribution in [-0.2, 0) is 32.7 Å². The second kappa shape index (κ2) is 39.5. The number of carbonyl (C=O) groups is 2. The van der Waals surface area contributed by atoms with Crippen molar-refractivity contribution in [3.05, 3.63) is 0 Å². The number of rotatable bonds is 44. The Bertz CT molecular complexity index is 927. The number of nitrogens with zero attached hydrogens (tertiary/aromatic N) is 1. The van der Waals surface area contributed by atoms with E-state index in [0.717, 1.165) is 38.5 Å². The topological polar surface area (TPSA) is 108 Å². The van der Waals surface area contributed by atoms with Crippen LogP contribution in [0.3, 0.4) is 0 Å². The minimum absolute atomic E-state index is 0.0369. The van der Waals surface area contributed by atoms with Crippen molar-refractivity contribution in [2.24, 2.45) is 0 Å². The second-order valence-corrected chi connectivity index (χ2v) is 19.0. The van der Waals surface area contributed by atoms with Gasteiger partial charge in [0.05, 0.1) is 27.7 Å². The number of phosphoric acid groups is 1. The Labute approximate surface area is 346 Å². The highest BCUT2D eigenvalue weighted by Crippen LogP contribution is 2.43. The van der Waals surface area contributed by atoms with Crippen LogP contribution in [0.5, 0.6) is 0 Å². The van der Waals surface area contributed by atoms with Crippen LogP contribution in [0.1, 0.15) is 232 Å². The van der Waals surface area contributed by atoms with Crippen LogP contribution >= 0.6 is 7.82 Å². The van der Waals surface area contributed by atoms with Crippen molar-refractivity contribution in [1.82, 2.24) is 0 Å². The third-order valence-corrected chi connectivity index (χ3v) is 11.6. The highest BCUT2D eigenvalue weighted by atomic mass is 31.2. The summed E-state index contributed by atoms with van der Waals surface area (Å²) in [7, 11) is 1.49. The standard InChI is InChI=1S/C46H92NO8P/c1-6-8-10-12-14-16-18-20-21-22-23-24-25-27-29-31-33-35-37-39-46(49)55-44(43-54-56(50,51)53-41-40-47(3,4)5)42-52-45(48)38-36-34-32-30-28-26-19-17-15-13-11-9-7-2/h44H,6-43H2,1-5H3/p+1. The van der Waals surface area contributed by atoms with Crippen LogP contribution in [0.2, 0.25) is 0 Å². The second-order valence-electron chi connectivity index (χ2n) is 17.5. The first-order valence-corrected chi connectivity index (χ1v) is 25.3. The van der Waals surface area contributed by atoms with Gasteiger partial charge in [-0.2, -0.15) is 0 Å². The maximum atomic E-state index is 12.7. The molecule has 0 spiro atoms. The van der Waals surface area contributed by atoms with Crippen LogP contribution in [-0.4, -0.2) is 74.9 Å². The maximum absolute atomic E-state index is 12.7. The number of unbranched alkanes of at least 4 members (excludes halogenated alkanes) is 30. The zero-order valence-corrected chi connectivity index (χ0v) is 38.5. The van der Waals surface area contributed by atoms with Crippen molar-refractivity contribution >= 4 is 19.8 Å². The molecule has 0 aliphatic carbocycles. The zero-order chi connectivity index (χ0) is 41.4. The molecular formula is C46H93NO8P+. The van der Waals surface area contributed by atoms with E-state index < -0.39 is 26.5 Å². The van der Waals surface area contributed by atoms with Gasteiger partial charge in [0.2, 0.25) is 0 Å². The third-order valence-electron chi connectivity index (χ3n) is 10.6. The first kappa shape index (κ1) is 55.0. The summed E-state index contributed by atoms with van der Waals surface area (Å²) in [5.74, 6) is -0.781. The Kier molecular flexibility index (Phi) is 38.8. The number of ether oxygens (including phenoxy) is 2. The molecule has 56 heavy (non-hydrogen) atoms. The number of hydrogen-bond donors (Lipinski definition) is 1. The first-order chi connectivity index (χ1) is 27.0. The quantitative estimate of drug-likeness (QED) is 0.0280. The summed E-state index contributed by atoms with van der Waals surface area (Å²) in [6.07, 6.45) is 40.0. The zero-order valence-electron chi connectivity index (χ0n) is 37.6. The van der Waals surface area contributed by atoms with E-state index in [9.17, 15) is 19.0 Å². The van der Waals surface area contributed by atoms with E-state index in [0.29, 0.717) is 17.4 Å². The largest absolute Gasteiger partial charge is 0.472 e. The average molecular weight is 819 g/mol. The molecule has 2 atom stereocenters. The van der Waals surface area contributed by atoms with Gasteiger partial charge in [-0.3, -0.25) is 18.6 Å². The lowest BCUT2D eigenvalue weighted by molar-refractivity contribution is -0.870. The van der Waals surface area contributed by atoms with Crippen molar-refractivity contribution in [2.75, 3.05) is 47.5 Å². The van der Waals surface area contributed by atoms with Crippen LogP contribution in [0.15, 0.2) is 0 Å². The number of quaternary nitrogens is 1. The Morgan fingerprint density at radius 1 is 0.482 bits per heavy atom. The molecule has 0 aliphatic rings. The summed E-state index contributed by atoms with van der Waals surface area (Å²) in [5.41, 5.74) is 0. The lowest BCUT2D eigenvalue weighted by atomic mass is 10.0. The van der Waals surface area contributed by atoms with Gasteiger partial charge in [-0.1, -0.05) is 206 Å². The highest BCUT2D eigenvalue weighted by molar-refractivity contribution is 7.47. The van der Waals surface area contributed by atoms with Crippen molar-refractivity contribution in [1.29, 1.82) is 0 Å². The molecule has 10 heteroatoms. The fraction of sp³-hybridized carbons (Fsp3) is 0.957. The molecule has 0 saturated heterocycles. The van der Waals surface area contributed by atoms with Gasteiger partial charge in [0.1, 0.15) is 19.8 Å². The Hall–Kier alpha value is -0.990. The van der Waals surface area contributed by atoms with Gasteiger partial charge in [0, 0.05) is 12.8 Å². The molecule has 0 aromatic carbocycles. The van der Waals surface area contributed by atoms with E-state index in [4.69, 9.17) is 18.5 Å². The average Bonchev–Trinajstić information content (AvgIpc) is 3.15. The lowest BCUT2D eigenvalue weighted by Crippen LogP contribution is -2.37. The van der Waals surface area contributed by atoms with Crippen molar-refractivity contribution in [3.63, 3.8) is 0 Å². The molecule has 0 radical (unpaired) electrons. The van der Waals surface area contributed by atoms with Crippen LogP contribution in [0.25, 0.3) is 0 Å². The molecule has 0 aliphatic heterocycles. The smallest absolute Gasteiger partial charge is 0.462 e. The predicted molar refractivity (Wildman–Crippen MR) is 234 cm³/mol. The molecule has 1 N–H and O–H groups in total. The van der Waals surface area contributed by atoms with E-state index >= 15 is 0 Å². The van der Waals surface area contributed by atoms with Gasteiger partial charge >= 0.3 is 19.8 Å². The molecule has 0 fully saturated rings. The Morgan fingerprint density at radius 2 is 0.804 bits per heavy atom. The molecule has 0 aromatic rings. The number of hydrogen-bond acceptors (Lipinski definition) is 7. The molecule has 0 bridgehead atoms. The number of carbonyl (C=O) groups excluding carboxylic acids is 2. The van der Waals surface area contributed by atoms with Crippen LogP contribution in [0.4, 0.5) is 0 Å². The summed E-state index contributed by atoms with van der Waals surface area (Å²) in [6.45, 7) is 4.47. The van der Waals surface area contributed by atoms with Crippen molar-refractivity contribution < 1.29 is 42.1 Å². The lowest BCUT2D eigenvalue weighted by Gasteiger charge is -2.24. The minimum atomic E-state index is -4.37. The van der Waals surface area contributed by atoms with Crippen molar-refractivity contribution in [2.45, 2.75) is 238 Å². The molecule has 334 valence electrons. The van der Waals surface area contributed by atoms with Gasteiger partial charge < -0.3 is 18.9 Å². The van der Waals surface area contributed by atoms with Gasteiger partial charge in [-0.15, -0.1) is 0 Å². The van der Waals surface area contributed by atoms with Crippen LogP contribution in [0, 0.1) is 0 Å². The Morgan fingerprint density at radius 3 is 1.14 bits per heavy atom. The summed E-state index contributed by atoms with van der Waals surface area (Å²) < 4.78 is 34.4. The normalized spacial score (nSPS) is 13.5. The molecular weight excluding hydrogens is 725 g/mol. The fourth-order valence-corrected chi connectivity index (χ4v) is 7.64. The molecule has 0 heterocycles. The first-order valence-electron chi connectivity index (χ1n) is 23.8. The Balaban J connectivity index is 4.24. The number of esters is 2. The maximum Gasteiger partial charge on any atom is 0.472 e. The molecule has 9 nitrogen and oxygen atoms in total. The summed E-state index contributed by atoms with van der Waals surface area (Å²) >= 11 is 0. The fourth-order valence-electron chi connectivity index (χ4n) is 6.90. The highest BCUT2D eigenvalue weighted by Gasteiger charge is 2.27. The number of likely N-dealkylation sites (N-methyl/N-ethyl adjacent to an activating group) is 1. The van der Waals surface area contributed by atoms with E-state index in [2.05, 4.69) is 13.8 Å². The monoisotopic (exact) mass is 819 g/mol. The molecule has 0 aromatic heterocycles.